The van der Waals surface area contributed by atoms with Crippen molar-refractivity contribution >= 4 is 17.5 Å². The van der Waals surface area contributed by atoms with Crippen molar-refractivity contribution in [2.24, 2.45) is 5.92 Å². The molecular formula is C17H24N2O2. The predicted molar refractivity (Wildman–Crippen MR) is 84.0 cm³/mol. The number of anilines is 1. The van der Waals surface area contributed by atoms with Crippen LogP contribution in [0.25, 0.3) is 0 Å². The molecule has 4 heteroatoms. The lowest BCUT2D eigenvalue weighted by Gasteiger charge is -2.16. The maximum absolute atomic E-state index is 12.4. The van der Waals surface area contributed by atoms with Crippen molar-refractivity contribution in [3.05, 3.63) is 29.8 Å². The summed E-state index contributed by atoms with van der Waals surface area (Å²) in [6.07, 6.45) is 3.27. The van der Waals surface area contributed by atoms with Crippen molar-refractivity contribution in [2.75, 3.05) is 18.4 Å². The average Bonchev–Trinajstić information content (AvgIpc) is 2.87. The number of aryl methyl sites for hydroxylation is 1. The second-order valence-corrected chi connectivity index (χ2v) is 5.59. The molecule has 0 radical (unpaired) electrons. The molecule has 4 nitrogen and oxygen atoms in total. The topological polar surface area (TPSA) is 49.4 Å². The smallest absolute Gasteiger partial charge is 0.229 e. The van der Waals surface area contributed by atoms with Gasteiger partial charge in [0.1, 0.15) is 0 Å². The lowest BCUT2D eigenvalue weighted by Crippen LogP contribution is -2.29. The summed E-state index contributed by atoms with van der Waals surface area (Å²) in [4.78, 5) is 26.1. The quantitative estimate of drug-likeness (QED) is 0.875. The number of hydrogen-bond acceptors (Lipinski definition) is 2. The van der Waals surface area contributed by atoms with Gasteiger partial charge in [-0.2, -0.15) is 0 Å². The van der Waals surface area contributed by atoms with E-state index < -0.39 is 0 Å². The van der Waals surface area contributed by atoms with Gasteiger partial charge in [0.15, 0.2) is 0 Å². The van der Waals surface area contributed by atoms with Crippen LogP contribution >= 0.6 is 0 Å². The second kappa shape index (κ2) is 7.25. The summed E-state index contributed by atoms with van der Waals surface area (Å²) < 4.78 is 0. The Morgan fingerprint density at radius 3 is 2.81 bits per heavy atom. The second-order valence-electron chi connectivity index (χ2n) is 5.59. The Kier molecular flexibility index (Phi) is 5.37. The van der Waals surface area contributed by atoms with E-state index in [9.17, 15) is 9.59 Å². The summed E-state index contributed by atoms with van der Waals surface area (Å²) in [6, 6.07) is 7.83. The van der Waals surface area contributed by atoms with E-state index in [2.05, 4.69) is 19.2 Å². The van der Waals surface area contributed by atoms with Crippen molar-refractivity contribution < 1.29 is 9.59 Å². The van der Waals surface area contributed by atoms with Crippen LogP contribution in [-0.4, -0.2) is 29.8 Å². The lowest BCUT2D eigenvalue weighted by atomic mass is 10.1. The zero-order chi connectivity index (χ0) is 15.2. The van der Waals surface area contributed by atoms with Crippen LogP contribution in [0.5, 0.6) is 0 Å². The third-order valence-electron chi connectivity index (χ3n) is 4.02. The van der Waals surface area contributed by atoms with Gasteiger partial charge in [0.2, 0.25) is 11.8 Å². The highest BCUT2D eigenvalue weighted by Crippen LogP contribution is 2.22. The number of para-hydroxylation sites is 1. The van der Waals surface area contributed by atoms with E-state index >= 15 is 0 Å². The van der Waals surface area contributed by atoms with E-state index in [4.69, 9.17) is 0 Å². The molecule has 1 atom stereocenters. The minimum absolute atomic E-state index is 0.0387. The van der Waals surface area contributed by atoms with Crippen molar-refractivity contribution in [3.63, 3.8) is 0 Å². The summed E-state index contributed by atoms with van der Waals surface area (Å²) in [7, 11) is 0. The zero-order valence-electron chi connectivity index (χ0n) is 12.9. The first-order chi connectivity index (χ1) is 10.2. The summed E-state index contributed by atoms with van der Waals surface area (Å²) in [5.74, 6) is -0.158. The third kappa shape index (κ3) is 3.84. The SMILES string of the molecule is CCCCN1C[C@H](C(=O)Nc2ccccc2CC)CC1=O. The van der Waals surface area contributed by atoms with Crippen LogP contribution in [0.1, 0.15) is 38.7 Å². The molecule has 1 fully saturated rings. The Morgan fingerprint density at radius 2 is 2.10 bits per heavy atom. The number of amides is 2. The van der Waals surface area contributed by atoms with Gasteiger partial charge in [-0.1, -0.05) is 38.5 Å². The molecule has 2 rings (SSSR count). The molecule has 1 aromatic rings. The highest BCUT2D eigenvalue weighted by molar-refractivity contribution is 5.97. The molecule has 0 unspecified atom stereocenters. The Hall–Kier alpha value is -1.84. The van der Waals surface area contributed by atoms with Crippen LogP contribution in [0.4, 0.5) is 5.69 Å². The first kappa shape index (κ1) is 15.5. The first-order valence-electron chi connectivity index (χ1n) is 7.82. The molecule has 0 spiro atoms. The summed E-state index contributed by atoms with van der Waals surface area (Å²) in [6.45, 7) is 5.49. The number of nitrogens with zero attached hydrogens (tertiary/aromatic N) is 1. The highest BCUT2D eigenvalue weighted by atomic mass is 16.2. The Balaban J connectivity index is 1.97. The van der Waals surface area contributed by atoms with Crippen LogP contribution in [0.15, 0.2) is 24.3 Å². The number of carbonyl (C=O) groups is 2. The van der Waals surface area contributed by atoms with Gasteiger partial charge >= 0.3 is 0 Å². The van der Waals surface area contributed by atoms with Crippen molar-refractivity contribution in [3.8, 4) is 0 Å². The number of carbonyl (C=O) groups excluding carboxylic acids is 2. The fourth-order valence-electron chi connectivity index (χ4n) is 2.70. The van der Waals surface area contributed by atoms with Crippen LogP contribution in [-0.2, 0) is 16.0 Å². The molecule has 1 heterocycles. The monoisotopic (exact) mass is 288 g/mol. The third-order valence-corrected chi connectivity index (χ3v) is 4.02. The van der Waals surface area contributed by atoms with Gasteiger partial charge in [-0.25, -0.2) is 0 Å². The van der Waals surface area contributed by atoms with Gasteiger partial charge in [0.05, 0.1) is 5.92 Å². The molecule has 1 saturated heterocycles. The van der Waals surface area contributed by atoms with Crippen LogP contribution < -0.4 is 5.32 Å². The number of unbranched alkanes of at least 4 members (excludes halogenated alkanes) is 1. The number of benzene rings is 1. The van der Waals surface area contributed by atoms with Gasteiger partial charge in [-0.15, -0.1) is 0 Å². The van der Waals surface area contributed by atoms with Crippen molar-refractivity contribution in [1.82, 2.24) is 4.90 Å². The van der Waals surface area contributed by atoms with Gasteiger partial charge in [-0.3, -0.25) is 9.59 Å². The van der Waals surface area contributed by atoms with Gasteiger partial charge < -0.3 is 10.2 Å². The standard InChI is InChI=1S/C17H24N2O2/c1-3-5-10-19-12-14(11-16(19)20)17(21)18-15-9-7-6-8-13(15)4-2/h6-9,14H,3-5,10-12H2,1-2H3,(H,18,21)/t14-/m1/s1. The van der Waals surface area contributed by atoms with Crippen molar-refractivity contribution in [1.29, 1.82) is 0 Å². The van der Waals surface area contributed by atoms with E-state index in [1.54, 1.807) is 0 Å². The Morgan fingerprint density at radius 1 is 1.33 bits per heavy atom. The molecular weight excluding hydrogens is 264 g/mol. The van der Waals surface area contributed by atoms with Crippen LogP contribution in [0, 0.1) is 5.92 Å². The molecule has 1 N–H and O–H groups in total. The number of nitrogens with one attached hydrogen (secondary N) is 1. The summed E-state index contributed by atoms with van der Waals surface area (Å²) in [5.41, 5.74) is 1.99. The minimum atomic E-state index is -0.223. The van der Waals surface area contributed by atoms with Crippen LogP contribution in [0.2, 0.25) is 0 Å². The molecule has 0 aliphatic carbocycles. The van der Waals surface area contributed by atoms with E-state index in [1.807, 2.05) is 29.2 Å². The molecule has 114 valence electrons. The molecule has 0 bridgehead atoms. The maximum atomic E-state index is 12.4. The van der Waals surface area contributed by atoms with E-state index in [1.165, 1.54) is 0 Å². The molecule has 0 aromatic heterocycles. The summed E-state index contributed by atoms with van der Waals surface area (Å²) >= 11 is 0. The number of hydrogen-bond donors (Lipinski definition) is 1. The van der Waals surface area contributed by atoms with Gasteiger partial charge in [-0.05, 0) is 24.5 Å². The molecule has 1 aliphatic heterocycles. The largest absolute Gasteiger partial charge is 0.342 e. The molecule has 0 saturated carbocycles. The van der Waals surface area contributed by atoms with Crippen molar-refractivity contribution in [2.45, 2.75) is 39.5 Å². The lowest BCUT2D eigenvalue weighted by molar-refractivity contribution is -0.128. The molecule has 21 heavy (non-hydrogen) atoms. The maximum Gasteiger partial charge on any atom is 0.229 e. The highest BCUT2D eigenvalue weighted by Gasteiger charge is 2.33. The van der Waals surface area contributed by atoms with E-state index in [0.29, 0.717) is 13.0 Å². The van der Waals surface area contributed by atoms with Gasteiger partial charge in [0.25, 0.3) is 0 Å². The Labute approximate surface area is 126 Å². The van der Waals surface area contributed by atoms with E-state index in [-0.39, 0.29) is 17.7 Å². The zero-order valence-corrected chi connectivity index (χ0v) is 12.9. The van der Waals surface area contributed by atoms with E-state index in [0.717, 1.165) is 37.1 Å². The minimum Gasteiger partial charge on any atom is -0.342 e. The average molecular weight is 288 g/mol. The number of rotatable bonds is 6. The molecule has 2 amide bonds. The first-order valence-corrected chi connectivity index (χ1v) is 7.82. The molecule has 1 aliphatic rings. The predicted octanol–water partition coefficient (Wildman–Crippen LogP) is 2.84. The fraction of sp³-hybridized carbons (Fsp3) is 0.529. The fourth-order valence-corrected chi connectivity index (χ4v) is 2.70. The Bertz CT molecular complexity index is 513. The molecule has 1 aromatic carbocycles. The van der Waals surface area contributed by atoms with Gasteiger partial charge in [0, 0.05) is 25.2 Å². The number of likely N-dealkylation sites (tertiary alicyclic amines) is 1. The summed E-state index contributed by atoms with van der Waals surface area (Å²) in [5, 5.41) is 2.98. The van der Waals surface area contributed by atoms with Crippen LogP contribution in [0.3, 0.4) is 0 Å². The normalized spacial score (nSPS) is 18.1.